The summed E-state index contributed by atoms with van der Waals surface area (Å²) in [7, 11) is 0. The van der Waals surface area contributed by atoms with Gasteiger partial charge in [0.25, 0.3) is 0 Å². The first-order valence-corrected chi connectivity index (χ1v) is 4.75. The summed E-state index contributed by atoms with van der Waals surface area (Å²) in [5, 5.41) is 0.439. The fourth-order valence-corrected chi connectivity index (χ4v) is 1.16. The summed E-state index contributed by atoms with van der Waals surface area (Å²) in [6, 6.07) is 3.52. The monoisotopic (exact) mass is 249 g/mol. The minimum absolute atomic E-state index is 0.104. The number of aromatic nitrogens is 1. The third-order valence-electron chi connectivity index (χ3n) is 1.13. The van der Waals surface area contributed by atoms with Crippen molar-refractivity contribution in [1.82, 2.24) is 4.98 Å². The van der Waals surface area contributed by atoms with E-state index < -0.39 is 0 Å². The molecule has 0 aliphatic carbocycles. The third kappa shape index (κ3) is 2.64. The zero-order chi connectivity index (χ0) is 9.14. The summed E-state index contributed by atoms with van der Waals surface area (Å²) in [6.07, 6.45) is 0.104. The minimum Gasteiger partial charge on any atom is -0.474 e. The number of ether oxygens (including phenoxy) is 1. The molecule has 1 rings (SSSR count). The van der Waals surface area contributed by atoms with Crippen molar-refractivity contribution >= 4 is 27.5 Å². The van der Waals surface area contributed by atoms with Crippen LogP contribution in [0.4, 0.5) is 0 Å². The molecule has 0 aliphatic heterocycles. The third-order valence-corrected chi connectivity index (χ3v) is 1.94. The van der Waals surface area contributed by atoms with Gasteiger partial charge in [0.1, 0.15) is 5.15 Å². The number of halogens is 2. The Balaban J connectivity index is 2.90. The van der Waals surface area contributed by atoms with E-state index in [0.29, 0.717) is 11.0 Å². The standard InChI is InChI=1S/C8H9BrClNO/c1-5(2)12-8-6(9)3-4-7(10)11-8/h3-5H,1-2H3. The van der Waals surface area contributed by atoms with Crippen LogP contribution in [0.15, 0.2) is 16.6 Å². The molecular formula is C8H9BrClNO. The molecule has 1 aromatic heterocycles. The molecule has 0 amide bonds. The summed E-state index contributed by atoms with van der Waals surface area (Å²) in [5.41, 5.74) is 0. The molecule has 0 N–H and O–H groups in total. The van der Waals surface area contributed by atoms with Crippen LogP contribution in [0.2, 0.25) is 5.15 Å². The van der Waals surface area contributed by atoms with Gasteiger partial charge in [-0.3, -0.25) is 0 Å². The van der Waals surface area contributed by atoms with Gasteiger partial charge in [-0.15, -0.1) is 0 Å². The molecule has 0 unspecified atom stereocenters. The van der Waals surface area contributed by atoms with Gasteiger partial charge in [0.05, 0.1) is 10.6 Å². The van der Waals surface area contributed by atoms with Gasteiger partial charge in [0.2, 0.25) is 5.88 Å². The quantitative estimate of drug-likeness (QED) is 0.752. The fourth-order valence-electron chi connectivity index (χ4n) is 0.707. The van der Waals surface area contributed by atoms with E-state index in [-0.39, 0.29) is 6.10 Å². The van der Waals surface area contributed by atoms with Gasteiger partial charge >= 0.3 is 0 Å². The van der Waals surface area contributed by atoms with Gasteiger partial charge in [-0.1, -0.05) is 11.6 Å². The molecule has 0 atom stereocenters. The molecule has 0 spiro atoms. The van der Waals surface area contributed by atoms with Crippen LogP contribution in [-0.2, 0) is 0 Å². The predicted octanol–water partition coefficient (Wildman–Crippen LogP) is 3.28. The average molecular weight is 251 g/mol. The maximum Gasteiger partial charge on any atom is 0.229 e. The van der Waals surface area contributed by atoms with Crippen LogP contribution in [-0.4, -0.2) is 11.1 Å². The molecular weight excluding hydrogens is 241 g/mol. The van der Waals surface area contributed by atoms with Gasteiger partial charge in [0, 0.05) is 0 Å². The minimum atomic E-state index is 0.104. The zero-order valence-electron chi connectivity index (χ0n) is 6.84. The summed E-state index contributed by atoms with van der Waals surface area (Å²) in [4.78, 5) is 4.01. The molecule has 66 valence electrons. The van der Waals surface area contributed by atoms with Crippen molar-refractivity contribution in [2.24, 2.45) is 0 Å². The Hall–Kier alpha value is -0.280. The molecule has 4 heteroatoms. The second-order valence-electron chi connectivity index (χ2n) is 2.59. The molecule has 0 saturated heterocycles. The van der Waals surface area contributed by atoms with Crippen molar-refractivity contribution in [3.63, 3.8) is 0 Å². The maximum atomic E-state index is 5.69. The summed E-state index contributed by atoms with van der Waals surface area (Å²) in [6.45, 7) is 3.88. The van der Waals surface area contributed by atoms with Crippen LogP contribution in [0.1, 0.15) is 13.8 Å². The van der Waals surface area contributed by atoms with Crippen molar-refractivity contribution in [2.75, 3.05) is 0 Å². The lowest BCUT2D eigenvalue weighted by molar-refractivity contribution is 0.231. The first-order valence-electron chi connectivity index (χ1n) is 3.58. The first kappa shape index (κ1) is 9.81. The highest BCUT2D eigenvalue weighted by Crippen LogP contribution is 2.24. The number of hydrogen-bond donors (Lipinski definition) is 0. The lowest BCUT2D eigenvalue weighted by Crippen LogP contribution is -2.07. The van der Waals surface area contributed by atoms with Crippen LogP contribution < -0.4 is 4.74 Å². The van der Waals surface area contributed by atoms with Gasteiger partial charge in [-0.2, -0.15) is 0 Å². The van der Waals surface area contributed by atoms with Crippen LogP contribution in [0.3, 0.4) is 0 Å². The smallest absolute Gasteiger partial charge is 0.229 e. The molecule has 12 heavy (non-hydrogen) atoms. The highest BCUT2D eigenvalue weighted by molar-refractivity contribution is 9.10. The Morgan fingerprint density at radius 1 is 1.50 bits per heavy atom. The number of pyridine rings is 1. The van der Waals surface area contributed by atoms with Crippen molar-refractivity contribution in [3.05, 3.63) is 21.8 Å². The number of rotatable bonds is 2. The Morgan fingerprint density at radius 2 is 2.17 bits per heavy atom. The van der Waals surface area contributed by atoms with Crippen molar-refractivity contribution in [2.45, 2.75) is 20.0 Å². The Morgan fingerprint density at radius 3 is 2.75 bits per heavy atom. The summed E-state index contributed by atoms with van der Waals surface area (Å²) in [5.74, 6) is 0.539. The maximum absolute atomic E-state index is 5.69. The topological polar surface area (TPSA) is 22.1 Å². The number of hydrogen-bond acceptors (Lipinski definition) is 2. The molecule has 0 aliphatic rings. The summed E-state index contributed by atoms with van der Waals surface area (Å²) < 4.78 is 6.20. The molecule has 0 bridgehead atoms. The van der Waals surface area contributed by atoms with E-state index >= 15 is 0 Å². The first-order chi connectivity index (χ1) is 5.59. The van der Waals surface area contributed by atoms with Crippen LogP contribution in [0.5, 0.6) is 5.88 Å². The van der Waals surface area contributed by atoms with Crippen LogP contribution in [0.25, 0.3) is 0 Å². The predicted molar refractivity (Wildman–Crippen MR) is 52.7 cm³/mol. The van der Waals surface area contributed by atoms with Crippen LogP contribution >= 0.6 is 27.5 Å². The van der Waals surface area contributed by atoms with E-state index in [1.54, 1.807) is 6.07 Å². The van der Waals surface area contributed by atoms with E-state index in [1.807, 2.05) is 19.9 Å². The average Bonchev–Trinajstić information content (AvgIpc) is 1.96. The summed E-state index contributed by atoms with van der Waals surface area (Å²) >= 11 is 9.00. The lowest BCUT2D eigenvalue weighted by Gasteiger charge is -2.09. The molecule has 0 fully saturated rings. The SMILES string of the molecule is CC(C)Oc1nc(Cl)ccc1Br. The number of nitrogens with zero attached hydrogens (tertiary/aromatic N) is 1. The van der Waals surface area contributed by atoms with Crippen molar-refractivity contribution < 1.29 is 4.74 Å². The van der Waals surface area contributed by atoms with E-state index in [4.69, 9.17) is 16.3 Å². The zero-order valence-corrected chi connectivity index (χ0v) is 9.19. The van der Waals surface area contributed by atoms with Crippen molar-refractivity contribution in [3.8, 4) is 5.88 Å². The van der Waals surface area contributed by atoms with Gasteiger partial charge < -0.3 is 4.74 Å². The Kier molecular flexibility index (Phi) is 3.35. The Labute approximate surface area is 85.0 Å². The molecule has 0 aromatic carbocycles. The van der Waals surface area contributed by atoms with E-state index in [0.717, 1.165) is 4.47 Å². The highest BCUT2D eigenvalue weighted by atomic mass is 79.9. The molecule has 1 heterocycles. The van der Waals surface area contributed by atoms with E-state index in [9.17, 15) is 0 Å². The van der Waals surface area contributed by atoms with Gasteiger partial charge in [-0.25, -0.2) is 4.98 Å². The van der Waals surface area contributed by atoms with E-state index in [2.05, 4.69) is 20.9 Å². The normalized spacial score (nSPS) is 10.4. The highest BCUT2D eigenvalue weighted by Gasteiger charge is 2.05. The lowest BCUT2D eigenvalue weighted by atomic mass is 10.4. The largest absolute Gasteiger partial charge is 0.474 e. The molecule has 0 radical (unpaired) electrons. The Bertz CT molecular complexity index is 278. The molecule has 1 aromatic rings. The van der Waals surface area contributed by atoms with Gasteiger partial charge in [-0.05, 0) is 41.9 Å². The second-order valence-corrected chi connectivity index (χ2v) is 3.83. The second kappa shape index (κ2) is 4.10. The van der Waals surface area contributed by atoms with Crippen LogP contribution in [0, 0.1) is 0 Å². The molecule has 0 saturated carbocycles. The van der Waals surface area contributed by atoms with E-state index in [1.165, 1.54) is 0 Å². The fraction of sp³-hybridized carbons (Fsp3) is 0.375. The van der Waals surface area contributed by atoms with Gasteiger partial charge in [0.15, 0.2) is 0 Å². The molecule has 2 nitrogen and oxygen atoms in total. The van der Waals surface area contributed by atoms with Crippen molar-refractivity contribution in [1.29, 1.82) is 0 Å².